The van der Waals surface area contributed by atoms with Gasteiger partial charge in [-0.3, -0.25) is 14.5 Å². The normalized spacial score (nSPS) is 22.9. The number of rotatable bonds is 7. The maximum Gasteiger partial charge on any atom is 0.321 e. The molecule has 0 saturated carbocycles. The van der Waals surface area contributed by atoms with Crippen LogP contribution >= 0.6 is 0 Å². The first-order valence-electron chi connectivity index (χ1n) is 7.01. The summed E-state index contributed by atoms with van der Waals surface area (Å²) >= 11 is 0. The van der Waals surface area contributed by atoms with E-state index in [9.17, 15) is 23.1 Å². The molecule has 0 aromatic carbocycles. The maximum atomic E-state index is 11.8. The average Bonchev–Trinajstić information content (AvgIpc) is 2.32. The zero-order valence-electron chi connectivity index (χ0n) is 12.5. The summed E-state index contributed by atoms with van der Waals surface area (Å²) in [6.07, 6.45) is 1.45. The topological polar surface area (TPSA) is 118 Å². The molecule has 7 nitrogen and oxygen atoms in total. The molecule has 122 valence electrons. The first kappa shape index (κ1) is 17.9. The third kappa shape index (κ3) is 5.28. The molecule has 0 aromatic rings. The van der Waals surface area contributed by atoms with E-state index in [0.29, 0.717) is 6.54 Å². The Hall–Kier alpha value is -1.15. The van der Waals surface area contributed by atoms with Crippen molar-refractivity contribution in [2.75, 3.05) is 24.6 Å². The summed E-state index contributed by atoms with van der Waals surface area (Å²) in [5.74, 6) is -2.01. The van der Waals surface area contributed by atoms with Gasteiger partial charge in [-0.15, -0.1) is 0 Å². The van der Waals surface area contributed by atoms with E-state index in [2.05, 4.69) is 0 Å². The van der Waals surface area contributed by atoms with Crippen LogP contribution in [0.2, 0.25) is 0 Å². The largest absolute Gasteiger partial charge is 0.480 e. The first-order chi connectivity index (χ1) is 9.55. The van der Waals surface area contributed by atoms with E-state index < -0.39 is 27.8 Å². The van der Waals surface area contributed by atoms with Crippen molar-refractivity contribution in [1.29, 1.82) is 0 Å². The van der Waals surface area contributed by atoms with Gasteiger partial charge in [0.1, 0.15) is 6.04 Å². The summed E-state index contributed by atoms with van der Waals surface area (Å²) in [6.45, 7) is 4.52. The molecule has 8 heteroatoms. The maximum absolute atomic E-state index is 11.8. The van der Waals surface area contributed by atoms with Gasteiger partial charge in [-0.05, 0) is 24.8 Å². The van der Waals surface area contributed by atoms with Crippen molar-refractivity contribution in [3.8, 4) is 0 Å². The molecular formula is C13H24N2O5S. The van der Waals surface area contributed by atoms with Gasteiger partial charge in [-0.1, -0.05) is 13.8 Å². The lowest BCUT2D eigenvalue weighted by Crippen LogP contribution is -2.55. The standard InChI is InChI=1S/C13H24N2O5S/c1-13(2)5-3-6-15(11(13)12(17)18)7-9-21(19,20)8-4-10(14)16/h11H,3-9H2,1-2H3,(H2,14,16)(H,17,18). The summed E-state index contributed by atoms with van der Waals surface area (Å²) in [5, 5.41) is 9.40. The SMILES string of the molecule is CC1(C)CCCN(CCS(=O)(=O)CCC(N)=O)C1C(=O)O. The molecule has 0 bridgehead atoms. The first-order valence-corrected chi connectivity index (χ1v) is 8.83. The number of hydrogen-bond acceptors (Lipinski definition) is 5. The van der Waals surface area contributed by atoms with Crippen molar-refractivity contribution in [3.05, 3.63) is 0 Å². The Balaban J connectivity index is 2.68. The number of likely N-dealkylation sites (tertiary alicyclic amines) is 1. The molecule has 1 heterocycles. The second-order valence-electron chi connectivity index (χ2n) is 6.24. The number of sulfone groups is 1. The number of carboxylic acids is 1. The summed E-state index contributed by atoms with van der Waals surface area (Å²) in [5.41, 5.74) is 4.56. The highest BCUT2D eigenvalue weighted by atomic mass is 32.2. The molecule has 3 N–H and O–H groups in total. The predicted octanol–water partition coefficient (Wildman–Crippen LogP) is -0.148. The van der Waals surface area contributed by atoms with Crippen LogP contribution < -0.4 is 5.73 Å². The van der Waals surface area contributed by atoms with Gasteiger partial charge in [0.15, 0.2) is 9.84 Å². The second-order valence-corrected chi connectivity index (χ2v) is 8.54. The minimum atomic E-state index is -3.40. The Morgan fingerprint density at radius 2 is 1.95 bits per heavy atom. The molecule has 1 unspecified atom stereocenters. The van der Waals surface area contributed by atoms with Crippen molar-refractivity contribution in [2.45, 2.75) is 39.2 Å². The van der Waals surface area contributed by atoms with Crippen LogP contribution in [0.15, 0.2) is 0 Å². The number of amides is 1. The number of aliphatic carboxylic acids is 1. The average molecular weight is 320 g/mol. The lowest BCUT2D eigenvalue weighted by molar-refractivity contribution is -0.150. The molecule has 0 spiro atoms. The van der Waals surface area contributed by atoms with E-state index in [4.69, 9.17) is 5.73 Å². The smallest absolute Gasteiger partial charge is 0.321 e. The fraction of sp³-hybridized carbons (Fsp3) is 0.846. The van der Waals surface area contributed by atoms with Crippen molar-refractivity contribution < 1.29 is 23.1 Å². The minimum absolute atomic E-state index is 0.153. The van der Waals surface area contributed by atoms with E-state index in [1.54, 1.807) is 4.90 Å². The van der Waals surface area contributed by atoms with Crippen LogP contribution in [-0.2, 0) is 19.4 Å². The van der Waals surface area contributed by atoms with Gasteiger partial charge >= 0.3 is 5.97 Å². The summed E-state index contributed by atoms with van der Waals surface area (Å²) in [6, 6.07) is -0.683. The molecule has 1 saturated heterocycles. The zero-order valence-corrected chi connectivity index (χ0v) is 13.4. The Kier molecular flexibility index (Phi) is 5.75. The highest BCUT2D eigenvalue weighted by molar-refractivity contribution is 7.91. The van der Waals surface area contributed by atoms with E-state index in [0.717, 1.165) is 12.8 Å². The van der Waals surface area contributed by atoms with Crippen LogP contribution in [0.1, 0.15) is 33.1 Å². The minimum Gasteiger partial charge on any atom is -0.480 e. The van der Waals surface area contributed by atoms with Crippen LogP contribution in [-0.4, -0.2) is 60.9 Å². The van der Waals surface area contributed by atoms with Gasteiger partial charge < -0.3 is 10.8 Å². The van der Waals surface area contributed by atoms with E-state index >= 15 is 0 Å². The van der Waals surface area contributed by atoms with Gasteiger partial charge in [0.05, 0.1) is 11.5 Å². The van der Waals surface area contributed by atoms with Gasteiger partial charge in [0.25, 0.3) is 0 Å². The molecule has 21 heavy (non-hydrogen) atoms. The Bertz CT molecular complexity index is 501. The second kappa shape index (κ2) is 6.74. The van der Waals surface area contributed by atoms with Gasteiger partial charge in [-0.2, -0.15) is 0 Å². The van der Waals surface area contributed by atoms with E-state index in [-0.39, 0.29) is 29.9 Å². The molecule has 1 fully saturated rings. The molecule has 1 aliphatic rings. The van der Waals surface area contributed by atoms with E-state index in [1.807, 2.05) is 13.8 Å². The van der Waals surface area contributed by atoms with Crippen LogP contribution in [0.3, 0.4) is 0 Å². The third-order valence-electron chi connectivity index (χ3n) is 3.95. The molecule has 0 aliphatic carbocycles. The van der Waals surface area contributed by atoms with E-state index in [1.165, 1.54) is 0 Å². The molecule has 1 atom stereocenters. The Morgan fingerprint density at radius 3 is 2.48 bits per heavy atom. The number of carboxylic acid groups (broad SMARTS) is 1. The number of carbonyl (C=O) groups excluding carboxylic acids is 1. The van der Waals surface area contributed by atoms with Crippen LogP contribution in [0.5, 0.6) is 0 Å². The molecule has 1 aliphatic heterocycles. The highest BCUT2D eigenvalue weighted by Gasteiger charge is 2.42. The fourth-order valence-corrected chi connectivity index (χ4v) is 4.07. The fourth-order valence-electron chi connectivity index (χ4n) is 2.84. The number of hydrogen-bond donors (Lipinski definition) is 2. The van der Waals surface area contributed by atoms with Gasteiger partial charge in [-0.25, -0.2) is 8.42 Å². The zero-order chi connectivity index (χ0) is 16.3. The van der Waals surface area contributed by atoms with Gasteiger partial charge in [0, 0.05) is 13.0 Å². The quantitative estimate of drug-likeness (QED) is 0.673. The summed E-state index contributed by atoms with van der Waals surface area (Å²) in [7, 11) is -3.40. The monoisotopic (exact) mass is 320 g/mol. The van der Waals surface area contributed by atoms with Crippen molar-refractivity contribution >= 4 is 21.7 Å². The van der Waals surface area contributed by atoms with Crippen molar-refractivity contribution in [2.24, 2.45) is 11.1 Å². The van der Waals surface area contributed by atoms with Crippen LogP contribution in [0.25, 0.3) is 0 Å². The predicted molar refractivity (Wildman–Crippen MR) is 78.5 cm³/mol. The molecule has 0 radical (unpaired) electrons. The van der Waals surface area contributed by atoms with Crippen molar-refractivity contribution in [1.82, 2.24) is 4.90 Å². The Labute approximate surface area is 125 Å². The molecular weight excluding hydrogens is 296 g/mol. The summed E-state index contributed by atoms with van der Waals surface area (Å²) < 4.78 is 23.7. The molecule has 1 amide bonds. The number of nitrogens with zero attached hydrogens (tertiary/aromatic N) is 1. The lowest BCUT2D eigenvalue weighted by Gasteiger charge is -2.44. The third-order valence-corrected chi connectivity index (χ3v) is 5.59. The molecule has 1 rings (SSSR count). The van der Waals surface area contributed by atoms with Crippen molar-refractivity contribution in [3.63, 3.8) is 0 Å². The number of carbonyl (C=O) groups is 2. The number of nitrogens with two attached hydrogens (primary N) is 1. The Morgan fingerprint density at radius 1 is 1.33 bits per heavy atom. The van der Waals surface area contributed by atoms with Crippen LogP contribution in [0.4, 0.5) is 0 Å². The summed E-state index contributed by atoms with van der Waals surface area (Å²) in [4.78, 5) is 23.8. The lowest BCUT2D eigenvalue weighted by atomic mass is 9.76. The molecule has 0 aromatic heterocycles. The highest BCUT2D eigenvalue weighted by Crippen LogP contribution is 2.35. The number of primary amides is 1. The van der Waals surface area contributed by atoms with Gasteiger partial charge in [0.2, 0.25) is 5.91 Å². The number of piperidine rings is 1. The van der Waals surface area contributed by atoms with Crippen LogP contribution in [0, 0.1) is 5.41 Å².